The fraction of sp³-hybridized carbons (Fsp3) is 0.725. The number of rotatable bonds is 43. The van der Waals surface area contributed by atoms with Gasteiger partial charge in [-0.2, -0.15) is 0 Å². The highest BCUT2D eigenvalue weighted by Crippen LogP contribution is 2.43. The number of allylic oxidation sites excluding steroid dienone is 12. The van der Waals surface area contributed by atoms with Gasteiger partial charge in [0.2, 0.25) is 0 Å². The van der Waals surface area contributed by atoms with Crippen LogP contribution in [0, 0.1) is 0 Å². The number of esters is 2. The molecule has 9 nitrogen and oxygen atoms in total. The van der Waals surface area contributed by atoms with E-state index in [-0.39, 0.29) is 32.0 Å². The maximum absolute atomic E-state index is 12.7. The fourth-order valence-corrected chi connectivity index (χ4v) is 6.95. The van der Waals surface area contributed by atoms with Crippen LogP contribution in [0.15, 0.2) is 72.9 Å². The third-order valence-corrected chi connectivity index (χ3v) is 11.0. The summed E-state index contributed by atoms with van der Waals surface area (Å²) in [4.78, 5) is 35.5. The lowest BCUT2D eigenvalue weighted by Gasteiger charge is -2.24. The summed E-state index contributed by atoms with van der Waals surface area (Å²) in [6.07, 6.45) is 53.7. The Hall–Kier alpha value is -2.55. The zero-order chi connectivity index (χ0) is 45.0. The van der Waals surface area contributed by atoms with Gasteiger partial charge in [0.1, 0.15) is 19.8 Å². The minimum atomic E-state index is -4.39. The van der Waals surface area contributed by atoms with Gasteiger partial charge in [-0.15, -0.1) is 0 Å². The quantitative estimate of drug-likeness (QED) is 0.0212. The third kappa shape index (κ3) is 46.8. The van der Waals surface area contributed by atoms with Crippen LogP contribution in [0.1, 0.15) is 187 Å². The summed E-state index contributed by atoms with van der Waals surface area (Å²) in [7, 11) is 1.45. The third-order valence-electron chi connectivity index (χ3n) is 9.97. The number of phosphoric ester groups is 1. The Balaban J connectivity index is 4.35. The summed E-state index contributed by atoms with van der Waals surface area (Å²) in [5.41, 5.74) is 0. The molecule has 0 aromatic carbocycles. The van der Waals surface area contributed by atoms with Crippen LogP contribution in [0.3, 0.4) is 0 Å². The Bertz CT molecular complexity index is 1270. The Morgan fingerprint density at radius 2 is 0.934 bits per heavy atom. The number of likely N-dealkylation sites (N-methyl/N-ethyl adjacent to an activating group) is 1. The molecule has 352 valence electrons. The average Bonchev–Trinajstić information content (AvgIpc) is 3.21. The SMILES string of the molecule is CC/C=C\C/C=C\C/C=C\C/C=C\CCCCCCCCC(=O)OC(COC(=O)CCCCCCCCC/C=C\C/C=C\CCCCCC)COP(=O)(O)OCC[N+](C)(C)C. The smallest absolute Gasteiger partial charge is 0.462 e. The first-order chi connectivity index (χ1) is 29.5. The largest absolute Gasteiger partial charge is 0.472 e. The van der Waals surface area contributed by atoms with Gasteiger partial charge in [0.15, 0.2) is 6.10 Å². The number of quaternary nitrogens is 1. The summed E-state index contributed by atoms with van der Waals surface area (Å²) >= 11 is 0. The van der Waals surface area contributed by atoms with Crippen LogP contribution in [0.2, 0.25) is 0 Å². The Labute approximate surface area is 374 Å². The molecule has 0 aliphatic heterocycles. The van der Waals surface area contributed by atoms with E-state index in [0.29, 0.717) is 17.4 Å². The van der Waals surface area contributed by atoms with Crippen molar-refractivity contribution in [2.24, 2.45) is 0 Å². The Kier molecular flexibility index (Phi) is 40.9. The molecule has 0 radical (unpaired) electrons. The Morgan fingerprint density at radius 1 is 0.525 bits per heavy atom. The first-order valence-corrected chi connectivity index (χ1v) is 25.7. The lowest BCUT2D eigenvalue weighted by Crippen LogP contribution is -2.37. The predicted octanol–water partition coefficient (Wildman–Crippen LogP) is 14.2. The van der Waals surface area contributed by atoms with Gasteiger partial charge in [-0.05, 0) is 83.5 Å². The predicted molar refractivity (Wildman–Crippen MR) is 256 cm³/mol. The summed E-state index contributed by atoms with van der Waals surface area (Å²) in [5, 5.41) is 0. The summed E-state index contributed by atoms with van der Waals surface area (Å²) in [5.74, 6) is -0.827. The molecule has 0 rings (SSSR count). The first-order valence-electron chi connectivity index (χ1n) is 24.2. The topological polar surface area (TPSA) is 108 Å². The maximum Gasteiger partial charge on any atom is 0.472 e. The Morgan fingerprint density at radius 3 is 1.39 bits per heavy atom. The van der Waals surface area contributed by atoms with Crippen LogP contribution in [0.4, 0.5) is 0 Å². The lowest BCUT2D eigenvalue weighted by molar-refractivity contribution is -0.870. The summed E-state index contributed by atoms with van der Waals surface area (Å²) in [6.45, 7) is 4.26. The zero-order valence-corrected chi connectivity index (χ0v) is 40.5. The summed E-state index contributed by atoms with van der Waals surface area (Å²) in [6, 6.07) is 0. The van der Waals surface area contributed by atoms with Crippen molar-refractivity contribution >= 4 is 19.8 Å². The molecule has 0 amide bonds. The molecule has 1 N–H and O–H groups in total. The highest BCUT2D eigenvalue weighted by atomic mass is 31.2. The molecule has 61 heavy (non-hydrogen) atoms. The number of unbranched alkanes of at least 4 members (excludes halogenated alkanes) is 17. The van der Waals surface area contributed by atoms with E-state index in [2.05, 4.69) is 86.8 Å². The second-order valence-corrected chi connectivity index (χ2v) is 18.6. The fourth-order valence-electron chi connectivity index (χ4n) is 6.21. The van der Waals surface area contributed by atoms with Gasteiger partial charge >= 0.3 is 19.8 Å². The first kappa shape index (κ1) is 58.5. The van der Waals surface area contributed by atoms with E-state index in [9.17, 15) is 19.0 Å². The number of nitrogens with zero attached hydrogens (tertiary/aromatic N) is 1. The molecule has 0 bridgehead atoms. The van der Waals surface area contributed by atoms with Crippen molar-refractivity contribution in [2.45, 2.75) is 193 Å². The summed E-state index contributed by atoms with van der Waals surface area (Å²) < 4.78 is 34.4. The van der Waals surface area contributed by atoms with Crippen LogP contribution in [-0.2, 0) is 32.7 Å². The molecule has 0 saturated heterocycles. The molecule has 2 unspecified atom stereocenters. The van der Waals surface area contributed by atoms with Crippen LogP contribution < -0.4 is 0 Å². The van der Waals surface area contributed by atoms with Gasteiger partial charge in [0, 0.05) is 12.8 Å². The second-order valence-electron chi connectivity index (χ2n) is 17.1. The van der Waals surface area contributed by atoms with Crippen molar-refractivity contribution in [1.82, 2.24) is 0 Å². The van der Waals surface area contributed by atoms with Crippen molar-refractivity contribution in [3.63, 3.8) is 0 Å². The van der Waals surface area contributed by atoms with E-state index < -0.39 is 26.5 Å². The second kappa shape index (κ2) is 42.7. The number of hydrogen-bond donors (Lipinski definition) is 1. The van der Waals surface area contributed by atoms with Crippen molar-refractivity contribution in [3.8, 4) is 0 Å². The van der Waals surface area contributed by atoms with Crippen molar-refractivity contribution in [3.05, 3.63) is 72.9 Å². The lowest BCUT2D eigenvalue weighted by atomic mass is 10.1. The van der Waals surface area contributed by atoms with E-state index in [4.69, 9.17) is 18.5 Å². The van der Waals surface area contributed by atoms with Crippen LogP contribution in [0.5, 0.6) is 0 Å². The van der Waals surface area contributed by atoms with E-state index in [0.717, 1.165) is 103 Å². The molecule has 0 spiro atoms. The molecule has 0 aliphatic carbocycles. The average molecular weight is 877 g/mol. The molecular weight excluding hydrogens is 786 g/mol. The van der Waals surface area contributed by atoms with Crippen molar-refractivity contribution < 1.29 is 42.1 Å². The highest BCUT2D eigenvalue weighted by molar-refractivity contribution is 7.47. The van der Waals surface area contributed by atoms with Gasteiger partial charge in [-0.1, -0.05) is 164 Å². The van der Waals surface area contributed by atoms with E-state index in [1.165, 1.54) is 51.4 Å². The monoisotopic (exact) mass is 877 g/mol. The molecule has 0 aromatic rings. The molecule has 0 aromatic heterocycles. The normalized spacial score (nSPS) is 14.1. The number of ether oxygens (including phenoxy) is 2. The highest BCUT2D eigenvalue weighted by Gasteiger charge is 2.27. The molecule has 2 atom stereocenters. The van der Waals surface area contributed by atoms with Crippen LogP contribution >= 0.6 is 7.82 Å². The molecule has 0 heterocycles. The van der Waals surface area contributed by atoms with Crippen molar-refractivity contribution in [1.29, 1.82) is 0 Å². The van der Waals surface area contributed by atoms with Gasteiger partial charge in [0.05, 0.1) is 27.7 Å². The van der Waals surface area contributed by atoms with Crippen LogP contribution in [-0.4, -0.2) is 74.9 Å². The number of carbonyl (C=O) groups is 2. The molecular formula is C51H91NO8P+. The molecule has 0 aliphatic rings. The van der Waals surface area contributed by atoms with Gasteiger partial charge in [-0.3, -0.25) is 18.6 Å². The van der Waals surface area contributed by atoms with E-state index in [1.54, 1.807) is 0 Å². The maximum atomic E-state index is 12.7. The zero-order valence-electron chi connectivity index (χ0n) is 39.6. The van der Waals surface area contributed by atoms with Crippen LogP contribution in [0.25, 0.3) is 0 Å². The number of hydrogen-bond acceptors (Lipinski definition) is 7. The van der Waals surface area contributed by atoms with Gasteiger partial charge in [-0.25, -0.2) is 4.57 Å². The minimum Gasteiger partial charge on any atom is -0.462 e. The van der Waals surface area contributed by atoms with E-state index in [1.807, 2.05) is 21.1 Å². The molecule has 0 fully saturated rings. The standard InChI is InChI=1S/C51H90NO8P/c1-6-8-10-12-14-16-18-20-22-24-26-28-30-32-34-36-38-40-42-44-51(54)60-49(48-59-61(55,56)58-46-45-52(3,4)5)47-57-50(53)43-41-39-37-35-33-31-29-27-25-23-21-19-17-15-13-11-9-7-2/h8,10,14,16-17,19-20,22-23,25-26,28,49H,6-7,9,11-13,15,18,21,24,27,29-48H2,1-5H3/p+1/b10-8-,16-14-,19-17-,22-20-,25-23-,28-26-. The molecule has 0 saturated carbocycles. The molecule has 10 heteroatoms. The minimum absolute atomic E-state index is 0.0237. The van der Waals surface area contributed by atoms with Gasteiger partial charge in [0.25, 0.3) is 0 Å². The van der Waals surface area contributed by atoms with E-state index >= 15 is 0 Å². The number of phosphoric acid groups is 1. The van der Waals surface area contributed by atoms with Gasteiger partial charge < -0.3 is 18.9 Å². The van der Waals surface area contributed by atoms with Crippen molar-refractivity contribution in [2.75, 3.05) is 47.5 Å². The number of carbonyl (C=O) groups excluding carboxylic acids is 2.